The number of amides is 2. The monoisotopic (exact) mass is 320 g/mol. The van der Waals surface area contributed by atoms with Crippen LogP contribution in [0.1, 0.15) is 35.6 Å². The summed E-state index contributed by atoms with van der Waals surface area (Å²) < 4.78 is 9.18. The number of likely N-dealkylation sites (tertiary alicyclic amines) is 1. The van der Waals surface area contributed by atoms with Gasteiger partial charge in [-0.1, -0.05) is 0 Å². The van der Waals surface area contributed by atoms with Gasteiger partial charge in [0.15, 0.2) is 5.76 Å². The van der Waals surface area contributed by atoms with Crippen LogP contribution in [-0.2, 0) is 4.79 Å². The number of carbonyl (C=O) groups excluding carboxylic acids is 2. The van der Waals surface area contributed by atoms with Crippen molar-refractivity contribution >= 4 is 28.5 Å². The van der Waals surface area contributed by atoms with Gasteiger partial charge < -0.3 is 9.32 Å². The Kier molecular flexibility index (Phi) is 4.19. The van der Waals surface area contributed by atoms with E-state index in [1.807, 2.05) is 0 Å². The van der Waals surface area contributed by atoms with Crippen molar-refractivity contribution in [3.05, 3.63) is 30.0 Å². The maximum atomic E-state index is 12.5. The fourth-order valence-electron chi connectivity index (χ4n) is 2.53. The fourth-order valence-corrected chi connectivity index (χ4v) is 3.10. The Morgan fingerprint density at radius 2 is 2.32 bits per heavy atom. The molecule has 3 heterocycles. The third-order valence-corrected chi connectivity index (χ3v) is 4.28. The lowest BCUT2D eigenvalue weighted by atomic mass is 10.0. The lowest BCUT2D eigenvalue weighted by Crippen LogP contribution is -2.49. The maximum absolute atomic E-state index is 12.5. The molecular formula is C14H16N4O3S. The molecule has 0 radical (unpaired) electrons. The molecule has 2 amide bonds. The zero-order chi connectivity index (χ0) is 15.5. The van der Waals surface area contributed by atoms with E-state index in [0.717, 1.165) is 24.4 Å². The summed E-state index contributed by atoms with van der Waals surface area (Å²) in [5.74, 6) is 0.396. The molecule has 7 nitrogen and oxygen atoms in total. The molecule has 22 heavy (non-hydrogen) atoms. The van der Waals surface area contributed by atoms with Crippen LogP contribution >= 0.6 is 11.5 Å². The molecule has 0 aliphatic carbocycles. The minimum absolute atomic E-state index is 0.226. The van der Waals surface area contributed by atoms with E-state index in [-0.39, 0.29) is 17.6 Å². The molecule has 0 saturated carbocycles. The maximum Gasteiger partial charge on any atom is 0.290 e. The first-order valence-corrected chi connectivity index (χ1v) is 7.88. The minimum Gasteiger partial charge on any atom is -0.459 e. The van der Waals surface area contributed by atoms with E-state index in [1.54, 1.807) is 24.0 Å². The first-order valence-electron chi connectivity index (χ1n) is 7.11. The summed E-state index contributed by atoms with van der Waals surface area (Å²) >= 11 is 1.13. The predicted octanol–water partition coefficient (Wildman–Crippen LogP) is 2.07. The second-order valence-corrected chi connectivity index (χ2v) is 5.88. The van der Waals surface area contributed by atoms with Gasteiger partial charge in [0.2, 0.25) is 11.0 Å². The van der Waals surface area contributed by atoms with E-state index < -0.39 is 6.04 Å². The van der Waals surface area contributed by atoms with Crippen molar-refractivity contribution in [3.63, 3.8) is 0 Å². The Morgan fingerprint density at radius 3 is 3.00 bits per heavy atom. The van der Waals surface area contributed by atoms with Crippen molar-refractivity contribution in [2.24, 2.45) is 0 Å². The van der Waals surface area contributed by atoms with Gasteiger partial charge in [-0.2, -0.15) is 4.37 Å². The molecule has 0 aromatic carbocycles. The normalized spacial score (nSPS) is 18.2. The molecule has 2 aromatic rings. The second-order valence-electron chi connectivity index (χ2n) is 5.12. The second kappa shape index (κ2) is 6.27. The molecule has 0 bridgehead atoms. The first-order chi connectivity index (χ1) is 10.6. The van der Waals surface area contributed by atoms with Crippen LogP contribution in [0, 0.1) is 6.92 Å². The van der Waals surface area contributed by atoms with Crippen LogP contribution in [0.15, 0.2) is 22.8 Å². The smallest absolute Gasteiger partial charge is 0.290 e. The summed E-state index contributed by atoms with van der Waals surface area (Å²) in [6, 6.07) is 2.77. The average Bonchev–Trinajstić information content (AvgIpc) is 3.18. The van der Waals surface area contributed by atoms with Gasteiger partial charge in [0.25, 0.3) is 5.91 Å². The molecule has 116 valence electrons. The molecule has 3 rings (SSSR count). The molecule has 1 atom stereocenters. The Balaban J connectivity index is 1.74. The highest BCUT2D eigenvalue weighted by Crippen LogP contribution is 2.22. The third-order valence-electron chi connectivity index (χ3n) is 3.56. The van der Waals surface area contributed by atoms with Crippen LogP contribution in [0.25, 0.3) is 0 Å². The largest absolute Gasteiger partial charge is 0.459 e. The van der Waals surface area contributed by atoms with Gasteiger partial charge in [0.05, 0.1) is 6.26 Å². The Labute approximate surface area is 131 Å². The number of anilines is 1. The van der Waals surface area contributed by atoms with Crippen LogP contribution < -0.4 is 5.32 Å². The average molecular weight is 320 g/mol. The molecule has 0 unspecified atom stereocenters. The van der Waals surface area contributed by atoms with Crippen molar-refractivity contribution in [1.82, 2.24) is 14.3 Å². The van der Waals surface area contributed by atoms with Gasteiger partial charge >= 0.3 is 0 Å². The summed E-state index contributed by atoms with van der Waals surface area (Å²) in [6.07, 6.45) is 3.88. The van der Waals surface area contributed by atoms with Crippen LogP contribution in [-0.4, -0.2) is 38.7 Å². The zero-order valence-electron chi connectivity index (χ0n) is 12.1. The summed E-state index contributed by atoms with van der Waals surface area (Å²) in [6.45, 7) is 2.31. The number of carbonyl (C=O) groups is 2. The highest BCUT2D eigenvalue weighted by atomic mass is 32.1. The van der Waals surface area contributed by atoms with Gasteiger partial charge in [-0.3, -0.25) is 14.9 Å². The predicted molar refractivity (Wildman–Crippen MR) is 80.7 cm³/mol. The number of aromatic nitrogens is 2. The summed E-state index contributed by atoms with van der Waals surface area (Å²) in [5, 5.41) is 3.20. The van der Waals surface area contributed by atoms with Crippen molar-refractivity contribution < 1.29 is 14.0 Å². The zero-order valence-corrected chi connectivity index (χ0v) is 12.9. The van der Waals surface area contributed by atoms with Gasteiger partial charge in [0.1, 0.15) is 11.9 Å². The van der Waals surface area contributed by atoms with Crippen LogP contribution in [0.3, 0.4) is 0 Å². The molecule has 0 spiro atoms. The third kappa shape index (κ3) is 3.01. The Hall–Kier alpha value is -2.22. The topological polar surface area (TPSA) is 88.3 Å². The Bertz CT molecular complexity index is 667. The number of nitrogens with zero attached hydrogens (tertiary/aromatic N) is 3. The van der Waals surface area contributed by atoms with E-state index in [9.17, 15) is 9.59 Å². The van der Waals surface area contributed by atoms with E-state index >= 15 is 0 Å². The molecule has 1 saturated heterocycles. The standard InChI is InChI=1S/C14H16N4O3S/c1-9-15-14(22-17-9)16-12(19)10-5-2-3-7-18(10)13(20)11-6-4-8-21-11/h4,6,8,10H,2-3,5,7H2,1H3,(H,15,16,17,19)/t10-/m0/s1. The number of piperidine rings is 1. The van der Waals surface area contributed by atoms with Crippen LogP contribution in [0.4, 0.5) is 5.13 Å². The van der Waals surface area contributed by atoms with Gasteiger partial charge in [-0.05, 0) is 38.3 Å². The van der Waals surface area contributed by atoms with Crippen molar-refractivity contribution in [2.45, 2.75) is 32.2 Å². The molecule has 1 fully saturated rings. The van der Waals surface area contributed by atoms with Crippen molar-refractivity contribution in [3.8, 4) is 0 Å². The van der Waals surface area contributed by atoms with Crippen LogP contribution in [0.2, 0.25) is 0 Å². The highest BCUT2D eigenvalue weighted by Gasteiger charge is 2.34. The van der Waals surface area contributed by atoms with Crippen molar-refractivity contribution in [2.75, 3.05) is 11.9 Å². The summed E-state index contributed by atoms with van der Waals surface area (Å²) in [4.78, 5) is 30.6. The van der Waals surface area contributed by atoms with E-state index in [2.05, 4.69) is 14.7 Å². The number of furan rings is 1. The van der Waals surface area contributed by atoms with Crippen LogP contribution in [0.5, 0.6) is 0 Å². The minimum atomic E-state index is -0.504. The molecular weight excluding hydrogens is 304 g/mol. The first kappa shape index (κ1) is 14.7. The van der Waals surface area contributed by atoms with E-state index in [4.69, 9.17) is 4.42 Å². The van der Waals surface area contributed by atoms with Crippen molar-refractivity contribution in [1.29, 1.82) is 0 Å². The summed E-state index contributed by atoms with van der Waals surface area (Å²) in [5.41, 5.74) is 0. The molecule has 1 N–H and O–H groups in total. The van der Waals surface area contributed by atoms with Gasteiger partial charge in [-0.25, -0.2) is 4.98 Å². The number of rotatable bonds is 3. The number of nitrogens with one attached hydrogen (secondary N) is 1. The number of hydrogen-bond acceptors (Lipinski definition) is 6. The SMILES string of the molecule is Cc1nsc(NC(=O)[C@@H]2CCCCN2C(=O)c2ccco2)n1. The quantitative estimate of drug-likeness (QED) is 0.935. The molecule has 2 aromatic heterocycles. The molecule has 1 aliphatic rings. The fraction of sp³-hybridized carbons (Fsp3) is 0.429. The molecule has 1 aliphatic heterocycles. The number of hydrogen-bond donors (Lipinski definition) is 1. The lowest BCUT2D eigenvalue weighted by Gasteiger charge is -2.33. The van der Waals surface area contributed by atoms with E-state index in [1.165, 1.54) is 6.26 Å². The van der Waals surface area contributed by atoms with Gasteiger partial charge in [0, 0.05) is 18.1 Å². The molecule has 8 heteroatoms. The lowest BCUT2D eigenvalue weighted by molar-refractivity contribution is -0.121. The van der Waals surface area contributed by atoms with E-state index in [0.29, 0.717) is 23.9 Å². The number of aryl methyl sites for hydroxylation is 1. The summed E-state index contributed by atoms with van der Waals surface area (Å²) in [7, 11) is 0. The van der Waals surface area contributed by atoms with Gasteiger partial charge in [-0.15, -0.1) is 0 Å². The Morgan fingerprint density at radius 1 is 1.45 bits per heavy atom. The highest BCUT2D eigenvalue weighted by molar-refractivity contribution is 7.09.